The topological polar surface area (TPSA) is 25.8 Å². The van der Waals surface area contributed by atoms with E-state index in [2.05, 4.69) is 9.97 Å². The van der Waals surface area contributed by atoms with E-state index < -0.39 is 0 Å². The summed E-state index contributed by atoms with van der Waals surface area (Å²) in [6, 6.07) is 3.70. The van der Waals surface area contributed by atoms with Crippen LogP contribution < -0.4 is 0 Å². The first-order valence-electron chi connectivity index (χ1n) is 4.24. The van der Waals surface area contributed by atoms with Gasteiger partial charge >= 0.3 is 0 Å². The minimum Gasteiger partial charge on any atom is -0.244 e. The van der Waals surface area contributed by atoms with Crippen molar-refractivity contribution in [3.8, 4) is 0 Å². The van der Waals surface area contributed by atoms with Gasteiger partial charge in [-0.1, -0.05) is 36.7 Å². The molecule has 0 aliphatic rings. The molecule has 0 saturated carbocycles. The van der Waals surface area contributed by atoms with E-state index in [0.29, 0.717) is 9.62 Å². The molecule has 0 fully saturated rings. The molecule has 2 aromatic heterocycles. The molecule has 0 N–H and O–H groups in total. The quantitative estimate of drug-likeness (QED) is 0.647. The molecule has 16 heavy (non-hydrogen) atoms. The van der Waals surface area contributed by atoms with Gasteiger partial charge in [-0.25, -0.2) is 9.97 Å². The Labute approximate surface area is 110 Å². The highest BCUT2D eigenvalue weighted by Gasteiger charge is 1.88. The van der Waals surface area contributed by atoms with Crippen molar-refractivity contribution in [2.45, 2.75) is 21.3 Å². The van der Waals surface area contributed by atoms with Gasteiger partial charge in [0, 0.05) is 17.3 Å². The van der Waals surface area contributed by atoms with Gasteiger partial charge in [-0.15, -0.1) is 11.3 Å². The van der Waals surface area contributed by atoms with Crippen LogP contribution in [-0.4, -0.2) is 9.97 Å². The van der Waals surface area contributed by atoms with Gasteiger partial charge in [0.1, 0.15) is 5.15 Å². The lowest BCUT2D eigenvalue weighted by molar-refractivity contribution is 1.27. The second kappa shape index (κ2) is 7.60. The van der Waals surface area contributed by atoms with Gasteiger partial charge in [0.15, 0.2) is 4.47 Å². The zero-order valence-corrected chi connectivity index (χ0v) is 10.7. The summed E-state index contributed by atoms with van der Waals surface area (Å²) in [6.45, 7) is 3.95. The lowest BCUT2D eigenvalue weighted by Crippen LogP contribution is -1.73. The van der Waals surface area contributed by atoms with E-state index in [9.17, 15) is 0 Å². The van der Waals surface area contributed by atoms with Gasteiger partial charge in [-0.3, -0.25) is 0 Å². The minimum atomic E-state index is 0. The summed E-state index contributed by atoms with van der Waals surface area (Å²) in [5.41, 5.74) is 1.13. The fourth-order valence-electron chi connectivity index (χ4n) is 0.777. The smallest absolute Gasteiger partial charge is 0.183 e. The Hall–Kier alpha value is -0.640. The Morgan fingerprint density at radius 3 is 2.00 bits per heavy atom. The third kappa shape index (κ3) is 6.05. The first-order chi connectivity index (χ1) is 7.08. The maximum absolute atomic E-state index is 5.50. The zero-order valence-electron chi connectivity index (χ0n) is 8.37. The summed E-state index contributed by atoms with van der Waals surface area (Å²) in [5.74, 6) is 0. The van der Waals surface area contributed by atoms with Crippen LogP contribution in [0.25, 0.3) is 0 Å². The van der Waals surface area contributed by atoms with Crippen molar-refractivity contribution in [1.82, 2.24) is 9.97 Å². The highest BCUT2D eigenvalue weighted by atomic mass is 35.5. The molecule has 0 bridgehead atoms. The van der Waals surface area contributed by atoms with Crippen LogP contribution in [0.2, 0.25) is 9.62 Å². The van der Waals surface area contributed by atoms with Crippen molar-refractivity contribution >= 4 is 34.5 Å². The van der Waals surface area contributed by atoms with Gasteiger partial charge in [0.2, 0.25) is 0 Å². The Bertz CT molecular complexity index is 375. The monoisotopic (exact) mass is 276 g/mol. The lowest BCUT2D eigenvalue weighted by Gasteiger charge is -1.87. The average molecular weight is 277 g/mol. The fraction of sp³-hybridized carbons (Fsp3) is 0.273. The molecular weight excluding hydrogens is 263 g/mol. The van der Waals surface area contributed by atoms with E-state index in [-0.39, 0.29) is 7.43 Å². The molecule has 2 nitrogen and oxygen atoms in total. The van der Waals surface area contributed by atoms with E-state index in [0.717, 1.165) is 10.4 Å². The van der Waals surface area contributed by atoms with Crippen LogP contribution in [0.5, 0.6) is 0 Å². The average Bonchev–Trinajstić information content (AvgIpc) is 2.56. The van der Waals surface area contributed by atoms with Crippen molar-refractivity contribution in [3.63, 3.8) is 0 Å². The molecule has 0 aliphatic carbocycles. The molecule has 2 rings (SSSR count). The molecule has 0 amide bonds. The number of pyridine rings is 1. The summed E-state index contributed by atoms with van der Waals surface area (Å²) in [6.07, 6.45) is 3.50. The molecule has 88 valence electrons. The molecule has 2 heterocycles. The molecule has 0 unspecified atom stereocenters. The van der Waals surface area contributed by atoms with Gasteiger partial charge in [0.25, 0.3) is 0 Å². The Kier molecular flexibility index (Phi) is 7.30. The number of thiazole rings is 1. The summed E-state index contributed by atoms with van der Waals surface area (Å²) in [5, 5.41) is 0.551. The van der Waals surface area contributed by atoms with Gasteiger partial charge in [0.05, 0.1) is 0 Å². The summed E-state index contributed by atoms with van der Waals surface area (Å²) in [7, 11) is 0. The van der Waals surface area contributed by atoms with Gasteiger partial charge in [-0.05, 0) is 25.5 Å². The maximum Gasteiger partial charge on any atom is 0.183 e. The number of halogens is 2. The van der Waals surface area contributed by atoms with Crippen LogP contribution in [0.15, 0.2) is 24.5 Å². The molecule has 0 aromatic carbocycles. The van der Waals surface area contributed by atoms with Crippen LogP contribution in [0.3, 0.4) is 0 Å². The Morgan fingerprint density at radius 2 is 1.75 bits per heavy atom. The van der Waals surface area contributed by atoms with Crippen LogP contribution in [0.1, 0.15) is 17.9 Å². The van der Waals surface area contributed by atoms with Crippen LogP contribution in [-0.2, 0) is 0 Å². The molecule has 0 spiro atoms. The first kappa shape index (κ1) is 15.4. The van der Waals surface area contributed by atoms with Crippen LogP contribution >= 0.6 is 34.5 Å². The van der Waals surface area contributed by atoms with E-state index in [1.807, 2.05) is 19.9 Å². The number of nitrogens with zero attached hydrogens (tertiary/aromatic N) is 2. The second-order valence-electron chi connectivity index (χ2n) is 2.88. The van der Waals surface area contributed by atoms with Crippen molar-refractivity contribution in [3.05, 3.63) is 44.6 Å². The highest BCUT2D eigenvalue weighted by Crippen LogP contribution is 2.15. The third-order valence-corrected chi connectivity index (χ3v) is 2.72. The number of aromatic nitrogens is 2. The number of rotatable bonds is 0. The highest BCUT2D eigenvalue weighted by molar-refractivity contribution is 7.15. The maximum atomic E-state index is 5.50. The van der Waals surface area contributed by atoms with Crippen molar-refractivity contribution in [1.29, 1.82) is 0 Å². The first-order valence-corrected chi connectivity index (χ1v) is 5.81. The number of aryl methyl sites for hydroxylation is 2. The molecule has 0 aliphatic heterocycles. The molecule has 5 heteroatoms. The second-order valence-corrected chi connectivity index (χ2v) is 5.09. The largest absolute Gasteiger partial charge is 0.244 e. The molecule has 0 atom stereocenters. The molecule has 0 radical (unpaired) electrons. The predicted octanol–water partition coefficient (Wildman–Crippen LogP) is 4.78. The number of hydrogen-bond donors (Lipinski definition) is 0. The lowest BCUT2D eigenvalue weighted by atomic mass is 10.3. The molecule has 2 aromatic rings. The predicted molar refractivity (Wildman–Crippen MR) is 72.6 cm³/mol. The van der Waals surface area contributed by atoms with E-state index >= 15 is 0 Å². The normalized spacial score (nSPS) is 8.75. The fourth-order valence-corrected chi connectivity index (χ4v) is 1.78. The van der Waals surface area contributed by atoms with Gasteiger partial charge < -0.3 is 0 Å². The third-order valence-electron chi connectivity index (χ3n) is 1.47. The summed E-state index contributed by atoms with van der Waals surface area (Å²) in [4.78, 5) is 8.80. The standard InChI is InChI=1S/C6H6ClN.C4H4ClNS.CH4/c1-5-2-3-6(7)8-4-5;1-3-2-6-4(5)7-3;/h2-4H,1H3;2H,1H3;1H4. The Morgan fingerprint density at radius 1 is 1.06 bits per heavy atom. The van der Waals surface area contributed by atoms with E-state index in [4.69, 9.17) is 23.2 Å². The van der Waals surface area contributed by atoms with E-state index in [1.54, 1.807) is 18.5 Å². The van der Waals surface area contributed by atoms with E-state index in [1.165, 1.54) is 11.3 Å². The molecule has 0 saturated heterocycles. The zero-order chi connectivity index (χ0) is 11.3. The van der Waals surface area contributed by atoms with Crippen molar-refractivity contribution in [2.24, 2.45) is 0 Å². The Balaban J connectivity index is 0.000000267. The summed E-state index contributed by atoms with van der Waals surface area (Å²) < 4.78 is 0.623. The SMILES string of the molecule is C.Cc1ccc(Cl)nc1.Cc1cnc(Cl)s1. The number of hydrogen-bond acceptors (Lipinski definition) is 3. The molecular formula is C11H14Cl2N2S. The van der Waals surface area contributed by atoms with Crippen LogP contribution in [0.4, 0.5) is 0 Å². The van der Waals surface area contributed by atoms with Crippen LogP contribution in [0, 0.1) is 13.8 Å². The van der Waals surface area contributed by atoms with Crippen molar-refractivity contribution in [2.75, 3.05) is 0 Å². The summed E-state index contributed by atoms with van der Waals surface area (Å²) >= 11 is 12.5. The minimum absolute atomic E-state index is 0. The van der Waals surface area contributed by atoms with Crippen molar-refractivity contribution < 1.29 is 0 Å². The van der Waals surface area contributed by atoms with Gasteiger partial charge in [-0.2, -0.15) is 0 Å².